The summed E-state index contributed by atoms with van der Waals surface area (Å²) in [6.45, 7) is 13.1. The standard InChI is InChI=1S/C13H26O2/c1-9-15-13(6,7)11(3)10(2)12(4,5)14-8/h9H2,1-8H3/b11-10-/i1D. The summed E-state index contributed by atoms with van der Waals surface area (Å²) in [5, 5.41) is 0. The fourth-order valence-electron chi connectivity index (χ4n) is 1.42. The first-order valence-corrected chi connectivity index (χ1v) is 5.36. The zero-order valence-corrected chi connectivity index (χ0v) is 11.2. The van der Waals surface area contributed by atoms with Gasteiger partial charge in [0.1, 0.15) is 0 Å². The predicted molar refractivity (Wildman–Crippen MR) is 65.2 cm³/mol. The van der Waals surface area contributed by atoms with Crippen LogP contribution in [0.15, 0.2) is 11.1 Å². The van der Waals surface area contributed by atoms with Crippen LogP contribution in [0.25, 0.3) is 0 Å². The molecule has 0 fully saturated rings. The van der Waals surface area contributed by atoms with Crippen LogP contribution >= 0.6 is 0 Å². The summed E-state index contributed by atoms with van der Waals surface area (Å²) in [6, 6.07) is 0. The van der Waals surface area contributed by atoms with Gasteiger partial charge in [-0.1, -0.05) is 0 Å². The minimum atomic E-state index is -0.332. The van der Waals surface area contributed by atoms with Crippen LogP contribution in [0, 0.1) is 0 Å². The average molecular weight is 215 g/mol. The summed E-state index contributed by atoms with van der Waals surface area (Å²) >= 11 is 0. The molecule has 0 aromatic rings. The molecule has 0 aromatic heterocycles. The quantitative estimate of drug-likeness (QED) is 0.653. The van der Waals surface area contributed by atoms with Crippen LogP contribution in [0.1, 0.15) is 49.8 Å². The maximum atomic E-state index is 7.12. The third-order valence-corrected chi connectivity index (χ3v) is 3.34. The lowest BCUT2D eigenvalue weighted by molar-refractivity contribution is 0.0110. The molecule has 0 radical (unpaired) electrons. The molecule has 0 saturated heterocycles. The van der Waals surface area contributed by atoms with E-state index >= 15 is 0 Å². The highest BCUT2D eigenvalue weighted by atomic mass is 16.5. The Hall–Kier alpha value is -0.340. The topological polar surface area (TPSA) is 18.5 Å². The molecule has 15 heavy (non-hydrogen) atoms. The van der Waals surface area contributed by atoms with Crippen molar-refractivity contribution < 1.29 is 10.8 Å². The Balaban J connectivity index is 4.99. The first kappa shape index (κ1) is 12.7. The normalized spacial score (nSPS) is 16.1. The smallest absolute Gasteiger partial charge is 0.0836 e. The van der Waals surface area contributed by atoms with Gasteiger partial charge in [-0.2, -0.15) is 0 Å². The van der Waals surface area contributed by atoms with E-state index in [2.05, 4.69) is 13.8 Å². The van der Waals surface area contributed by atoms with Crippen molar-refractivity contribution in [2.75, 3.05) is 13.7 Å². The van der Waals surface area contributed by atoms with E-state index in [1.807, 2.05) is 27.7 Å². The summed E-state index contributed by atoms with van der Waals surface area (Å²) in [4.78, 5) is 0. The van der Waals surface area contributed by atoms with Crippen molar-refractivity contribution in [3.05, 3.63) is 11.1 Å². The number of rotatable bonds is 5. The van der Waals surface area contributed by atoms with E-state index in [1.165, 1.54) is 11.1 Å². The summed E-state index contributed by atoms with van der Waals surface area (Å²) in [6.07, 6.45) is 0. The Morgan fingerprint density at radius 3 is 1.93 bits per heavy atom. The molecule has 90 valence electrons. The van der Waals surface area contributed by atoms with E-state index in [0.29, 0.717) is 13.5 Å². The van der Waals surface area contributed by atoms with Crippen molar-refractivity contribution in [3.63, 3.8) is 0 Å². The Morgan fingerprint density at radius 1 is 1.07 bits per heavy atom. The summed E-state index contributed by atoms with van der Waals surface area (Å²) in [5.41, 5.74) is 1.75. The van der Waals surface area contributed by atoms with Gasteiger partial charge in [0.2, 0.25) is 0 Å². The van der Waals surface area contributed by atoms with Gasteiger partial charge in [-0.05, 0) is 59.6 Å². The summed E-state index contributed by atoms with van der Waals surface area (Å²) in [5.74, 6) is 0. The van der Waals surface area contributed by atoms with E-state index in [0.717, 1.165) is 0 Å². The molecule has 0 aliphatic rings. The molecule has 0 unspecified atom stereocenters. The molecule has 0 bridgehead atoms. The van der Waals surface area contributed by atoms with Crippen LogP contribution in [-0.4, -0.2) is 24.9 Å². The maximum Gasteiger partial charge on any atom is 0.0836 e. The number of hydrogen-bond donors (Lipinski definition) is 0. The lowest BCUT2D eigenvalue weighted by Gasteiger charge is -2.33. The Bertz CT molecular complexity index is 255. The van der Waals surface area contributed by atoms with Gasteiger partial charge < -0.3 is 9.47 Å². The van der Waals surface area contributed by atoms with Crippen LogP contribution in [0.4, 0.5) is 0 Å². The molecule has 2 heteroatoms. The first-order chi connectivity index (χ1) is 7.19. The van der Waals surface area contributed by atoms with Crippen molar-refractivity contribution in [3.8, 4) is 0 Å². The molecule has 0 heterocycles. The van der Waals surface area contributed by atoms with Crippen molar-refractivity contribution in [2.45, 2.75) is 59.6 Å². The molecule has 0 atom stereocenters. The van der Waals surface area contributed by atoms with Gasteiger partial charge in [-0.15, -0.1) is 0 Å². The van der Waals surface area contributed by atoms with E-state index < -0.39 is 0 Å². The Labute approximate surface area is 96.1 Å². The zero-order valence-electron chi connectivity index (χ0n) is 12.2. The number of hydrogen-bond acceptors (Lipinski definition) is 2. The van der Waals surface area contributed by atoms with Crippen LogP contribution in [0.2, 0.25) is 0 Å². The van der Waals surface area contributed by atoms with E-state index in [4.69, 9.17) is 10.8 Å². The van der Waals surface area contributed by atoms with Crippen LogP contribution < -0.4 is 0 Å². The average Bonchev–Trinajstić information content (AvgIpc) is 2.24. The van der Waals surface area contributed by atoms with Crippen LogP contribution in [0.5, 0.6) is 0 Å². The molecular weight excluding hydrogens is 188 g/mol. The van der Waals surface area contributed by atoms with Gasteiger partial charge in [-0.25, -0.2) is 0 Å². The molecule has 0 aromatic carbocycles. The predicted octanol–water partition coefficient (Wildman–Crippen LogP) is 3.56. The minimum Gasteiger partial charge on any atom is -0.374 e. The van der Waals surface area contributed by atoms with E-state index in [1.54, 1.807) is 7.11 Å². The van der Waals surface area contributed by atoms with Crippen LogP contribution in [0.3, 0.4) is 0 Å². The Kier molecular flexibility index (Phi) is 4.35. The molecule has 0 spiro atoms. The molecule has 0 rings (SSSR count). The fourth-order valence-corrected chi connectivity index (χ4v) is 1.42. The summed E-state index contributed by atoms with van der Waals surface area (Å²) < 4.78 is 18.3. The SMILES string of the molecule is [2H]CCOC(C)(C)/C(C)=C(/C)C(C)(C)OC. The second-order valence-corrected chi connectivity index (χ2v) is 4.82. The van der Waals surface area contributed by atoms with Gasteiger partial charge in [0.15, 0.2) is 0 Å². The van der Waals surface area contributed by atoms with E-state index in [-0.39, 0.29) is 11.2 Å². The van der Waals surface area contributed by atoms with Gasteiger partial charge >= 0.3 is 0 Å². The van der Waals surface area contributed by atoms with Crippen LogP contribution in [-0.2, 0) is 9.47 Å². The minimum absolute atomic E-state index is 0.272. The lowest BCUT2D eigenvalue weighted by Crippen LogP contribution is -2.32. The van der Waals surface area contributed by atoms with Crippen molar-refractivity contribution in [1.29, 1.82) is 0 Å². The molecule has 2 nitrogen and oxygen atoms in total. The third kappa shape index (κ3) is 3.62. The zero-order chi connectivity index (χ0) is 13.0. The molecular formula is C13H26O2. The van der Waals surface area contributed by atoms with Gasteiger partial charge in [0.05, 0.1) is 11.2 Å². The highest BCUT2D eigenvalue weighted by molar-refractivity contribution is 5.25. The van der Waals surface area contributed by atoms with Crippen molar-refractivity contribution >= 4 is 0 Å². The second kappa shape index (κ2) is 5.13. The largest absolute Gasteiger partial charge is 0.374 e. The number of ether oxygens (including phenoxy) is 2. The first-order valence-electron chi connectivity index (χ1n) is 6.06. The van der Waals surface area contributed by atoms with Crippen molar-refractivity contribution in [2.24, 2.45) is 0 Å². The van der Waals surface area contributed by atoms with Gasteiger partial charge in [-0.3, -0.25) is 0 Å². The monoisotopic (exact) mass is 215 g/mol. The van der Waals surface area contributed by atoms with E-state index in [9.17, 15) is 0 Å². The molecule has 0 aliphatic heterocycles. The molecule has 0 saturated carbocycles. The van der Waals surface area contributed by atoms with Gasteiger partial charge in [0, 0.05) is 15.1 Å². The van der Waals surface area contributed by atoms with Crippen molar-refractivity contribution in [1.82, 2.24) is 0 Å². The number of methoxy groups -OCH3 is 1. The molecule has 0 N–H and O–H groups in total. The molecule has 0 aliphatic carbocycles. The lowest BCUT2D eigenvalue weighted by atomic mass is 9.87. The fraction of sp³-hybridized carbons (Fsp3) is 0.846. The Morgan fingerprint density at radius 2 is 1.53 bits per heavy atom. The maximum absolute atomic E-state index is 7.12. The van der Waals surface area contributed by atoms with Gasteiger partial charge in [0.25, 0.3) is 0 Å². The second-order valence-electron chi connectivity index (χ2n) is 4.82. The molecule has 0 amide bonds. The third-order valence-electron chi connectivity index (χ3n) is 3.34. The summed E-state index contributed by atoms with van der Waals surface area (Å²) in [7, 11) is 1.72. The highest BCUT2D eigenvalue weighted by Gasteiger charge is 2.28. The highest BCUT2D eigenvalue weighted by Crippen LogP contribution is 2.30.